The Morgan fingerprint density at radius 3 is 2.47 bits per heavy atom. The first-order chi connectivity index (χ1) is 8.87. The second-order valence-electron chi connectivity index (χ2n) is 5.97. The molecule has 1 aliphatic heterocycles. The molecule has 0 aromatic heterocycles. The maximum Gasteiger partial charge on any atom is 0.340 e. The molecular weight excluding hydrogens is 240 g/mol. The van der Waals surface area contributed by atoms with Crippen LogP contribution in [0.3, 0.4) is 0 Å². The van der Waals surface area contributed by atoms with Gasteiger partial charge in [0.25, 0.3) is 0 Å². The van der Waals surface area contributed by atoms with Crippen molar-refractivity contribution in [1.82, 2.24) is 0 Å². The monoisotopic (exact) mass is 262 g/mol. The van der Waals surface area contributed by atoms with Crippen molar-refractivity contribution in [2.45, 2.75) is 39.2 Å². The molecule has 19 heavy (non-hydrogen) atoms. The number of nitrogens with zero attached hydrogens (tertiary/aromatic N) is 1. The number of ether oxygens (including phenoxy) is 1. The van der Waals surface area contributed by atoms with E-state index >= 15 is 0 Å². The molecular formula is C15H22N2O2. The molecule has 4 heteroatoms. The molecule has 0 amide bonds. The highest BCUT2D eigenvalue weighted by Crippen LogP contribution is 2.26. The van der Waals surface area contributed by atoms with Gasteiger partial charge in [0.2, 0.25) is 0 Å². The van der Waals surface area contributed by atoms with Crippen LogP contribution in [0.25, 0.3) is 0 Å². The predicted octanol–water partition coefficient (Wildman–Crippen LogP) is 2.82. The number of hydrogen-bond acceptors (Lipinski definition) is 4. The zero-order valence-electron chi connectivity index (χ0n) is 11.9. The van der Waals surface area contributed by atoms with Gasteiger partial charge in [-0.25, -0.2) is 4.79 Å². The molecule has 1 aliphatic rings. The molecule has 0 atom stereocenters. The van der Waals surface area contributed by atoms with Crippen LogP contribution in [0, 0.1) is 0 Å². The Labute approximate surface area is 114 Å². The largest absolute Gasteiger partial charge is 0.456 e. The lowest BCUT2D eigenvalue weighted by molar-refractivity contribution is 0.00708. The Kier molecular flexibility index (Phi) is 3.69. The summed E-state index contributed by atoms with van der Waals surface area (Å²) in [7, 11) is 0. The number of hydrogen-bond donors (Lipinski definition) is 1. The summed E-state index contributed by atoms with van der Waals surface area (Å²) >= 11 is 0. The SMILES string of the molecule is CC(C)(C)OC(=O)c1cc(N2CCCC2)ccc1N. The van der Waals surface area contributed by atoms with Crippen molar-refractivity contribution >= 4 is 17.3 Å². The molecule has 104 valence electrons. The fourth-order valence-electron chi connectivity index (χ4n) is 2.23. The highest BCUT2D eigenvalue weighted by atomic mass is 16.6. The minimum Gasteiger partial charge on any atom is -0.456 e. The van der Waals surface area contributed by atoms with Gasteiger partial charge in [-0.3, -0.25) is 0 Å². The van der Waals surface area contributed by atoms with E-state index in [2.05, 4.69) is 4.90 Å². The summed E-state index contributed by atoms with van der Waals surface area (Å²) in [6.45, 7) is 7.64. The smallest absolute Gasteiger partial charge is 0.340 e. The van der Waals surface area contributed by atoms with Crippen LogP contribution in [0.2, 0.25) is 0 Å². The van der Waals surface area contributed by atoms with Gasteiger partial charge < -0.3 is 15.4 Å². The van der Waals surface area contributed by atoms with Crippen molar-refractivity contribution in [2.75, 3.05) is 23.7 Å². The first kappa shape index (κ1) is 13.7. The minimum atomic E-state index is -0.507. The zero-order chi connectivity index (χ0) is 14.0. The molecule has 2 N–H and O–H groups in total. The van der Waals surface area contributed by atoms with Gasteiger partial charge in [0.1, 0.15) is 5.60 Å². The van der Waals surface area contributed by atoms with Crippen LogP contribution in [0.1, 0.15) is 44.0 Å². The Morgan fingerprint density at radius 1 is 1.26 bits per heavy atom. The summed E-state index contributed by atoms with van der Waals surface area (Å²) < 4.78 is 5.38. The van der Waals surface area contributed by atoms with Crippen molar-refractivity contribution in [2.24, 2.45) is 0 Å². The maximum atomic E-state index is 12.1. The molecule has 0 bridgehead atoms. The van der Waals surface area contributed by atoms with E-state index in [4.69, 9.17) is 10.5 Å². The van der Waals surface area contributed by atoms with Crippen LogP contribution in [0.5, 0.6) is 0 Å². The highest BCUT2D eigenvalue weighted by Gasteiger charge is 2.21. The lowest BCUT2D eigenvalue weighted by Gasteiger charge is -2.22. The summed E-state index contributed by atoms with van der Waals surface area (Å²) in [6.07, 6.45) is 2.40. The van der Waals surface area contributed by atoms with Gasteiger partial charge in [0.05, 0.1) is 5.56 Å². The van der Waals surface area contributed by atoms with Crippen molar-refractivity contribution in [3.8, 4) is 0 Å². The zero-order valence-corrected chi connectivity index (χ0v) is 11.9. The number of carbonyl (C=O) groups excluding carboxylic acids is 1. The first-order valence-corrected chi connectivity index (χ1v) is 6.75. The predicted molar refractivity (Wildman–Crippen MR) is 77.5 cm³/mol. The van der Waals surface area contributed by atoms with E-state index in [-0.39, 0.29) is 5.97 Å². The molecule has 4 nitrogen and oxygen atoms in total. The number of anilines is 2. The third kappa shape index (κ3) is 3.40. The number of rotatable bonds is 2. The molecule has 1 heterocycles. The van der Waals surface area contributed by atoms with Gasteiger partial charge in [-0.15, -0.1) is 0 Å². The molecule has 1 fully saturated rings. The van der Waals surface area contributed by atoms with Gasteiger partial charge in [0, 0.05) is 24.5 Å². The normalized spacial score (nSPS) is 15.6. The lowest BCUT2D eigenvalue weighted by atomic mass is 10.1. The third-order valence-electron chi connectivity index (χ3n) is 3.13. The average molecular weight is 262 g/mol. The van der Waals surface area contributed by atoms with Crippen LogP contribution < -0.4 is 10.6 Å². The maximum absolute atomic E-state index is 12.1. The second kappa shape index (κ2) is 5.11. The molecule has 0 saturated carbocycles. The Morgan fingerprint density at radius 2 is 1.89 bits per heavy atom. The topological polar surface area (TPSA) is 55.6 Å². The number of esters is 1. The van der Waals surface area contributed by atoms with Crippen molar-refractivity contribution in [3.05, 3.63) is 23.8 Å². The van der Waals surface area contributed by atoms with Gasteiger partial charge in [-0.2, -0.15) is 0 Å². The van der Waals surface area contributed by atoms with E-state index in [1.165, 1.54) is 12.8 Å². The van der Waals surface area contributed by atoms with E-state index in [1.807, 2.05) is 32.9 Å². The summed E-state index contributed by atoms with van der Waals surface area (Å²) in [6, 6.07) is 5.59. The van der Waals surface area contributed by atoms with Crippen molar-refractivity contribution in [1.29, 1.82) is 0 Å². The Balaban J connectivity index is 2.24. The summed E-state index contributed by atoms with van der Waals surface area (Å²) in [5, 5.41) is 0. The van der Waals surface area contributed by atoms with Gasteiger partial charge in [-0.1, -0.05) is 0 Å². The van der Waals surface area contributed by atoms with Crippen LogP contribution in [-0.4, -0.2) is 24.7 Å². The second-order valence-corrected chi connectivity index (χ2v) is 5.97. The van der Waals surface area contributed by atoms with E-state index in [1.54, 1.807) is 6.07 Å². The quantitative estimate of drug-likeness (QED) is 0.657. The van der Waals surface area contributed by atoms with E-state index in [9.17, 15) is 4.79 Å². The number of nitrogen functional groups attached to an aromatic ring is 1. The Hall–Kier alpha value is -1.71. The molecule has 0 unspecified atom stereocenters. The third-order valence-corrected chi connectivity index (χ3v) is 3.13. The minimum absolute atomic E-state index is 0.356. The van der Waals surface area contributed by atoms with Gasteiger partial charge in [-0.05, 0) is 51.8 Å². The number of carbonyl (C=O) groups is 1. The summed E-state index contributed by atoms with van der Waals surface area (Å²) in [5.74, 6) is -0.356. The summed E-state index contributed by atoms with van der Waals surface area (Å²) in [5.41, 5.74) is 7.36. The number of nitrogens with two attached hydrogens (primary N) is 1. The Bertz CT molecular complexity index is 472. The van der Waals surface area contributed by atoms with E-state index < -0.39 is 5.60 Å². The van der Waals surface area contributed by atoms with Gasteiger partial charge >= 0.3 is 5.97 Å². The molecule has 1 aromatic rings. The molecule has 1 aromatic carbocycles. The van der Waals surface area contributed by atoms with Crippen molar-refractivity contribution < 1.29 is 9.53 Å². The molecule has 1 saturated heterocycles. The fraction of sp³-hybridized carbons (Fsp3) is 0.533. The molecule has 0 radical (unpaired) electrons. The van der Waals surface area contributed by atoms with E-state index in [0.29, 0.717) is 11.3 Å². The fourth-order valence-corrected chi connectivity index (χ4v) is 2.23. The average Bonchev–Trinajstić information content (AvgIpc) is 2.80. The summed E-state index contributed by atoms with van der Waals surface area (Å²) in [4.78, 5) is 14.4. The molecule has 2 rings (SSSR count). The standard InChI is InChI=1S/C15H22N2O2/c1-15(2,3)19-14(18)12-10-11(6-7-13(12)16)17-8-4-5-9-17/h6-7,10H,4-5,8-9,16H2,1-3H3. The van der Waals surface area contributed by atoms with Crippen LogP contribution in [-0.2, 0) is 4.74 Å². The van der Waals surface area contributed by atoms with Gasteiger partial charge in [0.15, 0.2) is 0 Å². The molecule has 0 spiro atoms. The molecule has 0 aliphatic carbocycles. The van der Waals surface area contributed by atoms with Crippen molar-refractivity contribution in [3.63, 3.8) is 0 Å². The lowest BCUT2D eigenvalue weighted by Crippen LogP contribution is -2.25. The van der Waals surface area contributed by atoms with Crippen LogP contribution >= 0.6 is 0 Å². The highest BCUT2D eigenvalue weighted by molar-refractivity contribution is 5.96. The van der Waals surface area contributed by atoms with Crippen LogP contribution in [0.4, 0.5) is 11.4 Å². The van der Waals surface area contributed by atoms with E-state index in [0.717, 1.165) is 18.8 Å². The number of benzene rings is 1. The first-order valence-electron chi connectivity index (χ1n) is 6.75. The van der Waals surface area contributed by atoms with Crippen LogP contribution in [0.15, 0.2) is 18.2 Å².